The Morgan fingerprint density at radius 2 is 1.92 bits per heavy atom. The molecule has 0 aliphatic rings. The Hall–Kier alpha value is -2.89. The first kappa shape index (κ1) is 18.4. The summed E-state index contributed by atoms with van der Waals surface area (Å²) in [6.45, 7) is 4.79. The number of benzene rings is 1. The smallest absolute Gasteiger partial charge is 0.340 e. The molecule has 0 saturated carbocycles. The van der Waals surface area contributed by atoms with Crippen LogP contribution in [0, 0.1) is 0 Å². The third-order valence-corrected chi connectivity index (χ3v) is 3.51. The molecule has 0 aliphatic carbocycles. The molecule has 0 unspecified atom stereocenters. The van der Waals surface area contributed by atoms with Gasteiger partial charge in [-0.1, -0.05) is 25.5 Å². The molecule has 6 nitrogen and oxygen atoms in total. The maximum atomic E-state index is 12.0. The van der Waals surface area contributed by atoms with Crippen LogP contribution < -0.4 is 10.6 Å². The largest absolute Gasteiger partial charge is 0.462 e. The Bertz CT molecular complexity index is 714. The molecule has 0 spiro atoms. The predicted molar refractivity (Wildman–Crippen MR) is 97.2 cm³/mol. The summed E-state index contributed by atoms with van der Waals surface area (Å²) in [5.41, 5.74) is 2.12. The van der Waals surface area contributed by atoms with Crippen molar-refractivity contribution < 1.29 is 14.3 Å². The number of carbonyl (C=O) groups is 2. The van der Waals surface area contributed by atoms with Crippen molar-refractivity contribution >= 4 is 23.3 Å². The van der Waals surface area contributed by atoms with Crippen molar-refractivity contribution in [3.8, 4) is 0 Å². The van der Waals surface area contributed by atoms with Crippen LogP contribution in [0.25, 0.3) is 0 Å². The van der Waals surface area contributed by atoms with Crippen molar-refractivity contribution in [3.63, 3.8) is 0 Å². The summed E-state index contributed by atoms with van der Waals surface area (Å²) < 4.78 is 5.06. The number of hydrogen-bond acceptors (Lipinski definition) is 5. The van der Waals surface area contributed by atoms with E-state index in [1.807, 2.05) is 6.07 Å². The van der Waals surface area contributed by atoms with E-state index in [1.165, 1.54) is 0 Å². The molecule has 0 fully saturated rings. The van der Waals surface area contributed by atoms with Gasteiger partial charge in [0.15, 0.2) is 0 Å². The summed E-state index contributed by atoms with van der Waals surface area (Å²) >= 11 is 0. The molecule has 0 radical (unpaired) electrons. The van der Waals surface area contributed by atoms with Crippen molar-refractivity contribution in [2.75, 3.05) is 18.5 Å². The number of aromatic nitrogens is 1. The molecular weight excluding hydrogens is 318 g/mol. The fraction of sp³-hybridized carbons (Fsp3) is 0.316. The molecule has 1 aromatic carbocycles. The highest BCUT2D eigenvalue weighted by molar-refractivity contribution is 5.96. The van der Waals surface area contributed by atoms with Gasteiger partial charge in [0.25, 0.3) is 5.91 Å². The van der Waals surface area contributed by atoms with Crippen molar-refractivity contribution in [2.24, 2.45) is 0 Å². The second-order valence-corrected chi connectivity index (χ2v) is 5.43. The number of anilines is 2. The van der Waals surface area contributed by atoms with Crippen LogP contribution in [-0.4, -0.2) is 30.0 Å². The van der Waals surface area contributed by atoms with E-state index in [0.29, 0.717) is 35.8 Å². The van der Waals surface area contributed by atoms with E-state index in [9.17, 15) is 9.59 Å². The molecule has 2 aromatic rings. The monoisotopic (exact) mass is 341 g/mol. The number of unbranched alkanes of at least 4 members (excludes halogenated alkanes) is 1. The molecule has 25 heavy (non-hydrogen) atoms. The SMILES string of the molecule is CCCCNC(=O)c1ccc(Nc2ccccc2C(=O)OCC)cn1. The van der Waals surface area contributed by atoms with Gasteiger partial charge in [0, 0.05) is 6.54 Å². The second kappa shape index (κ2) is 9.42. The van der Waals surface area contributed by atoms with Crippen LogP contribution in [0.5, 0.6) is 0 Å². The van der Waals surface area contributed by atoms with E-state index >= 15 is 0 Å². The van der Waals surface area contributed by atoms with Crippen molar-refractivity contribution in [1.29, 1.82) is 0 Å². The third kappa shape index (κ3) is 5.31. The van der Waals surface area contributed by atoms with Gasteiger partial charge in [-0.2, -0.15) is 0 Å². The summed E-state index contributed by atoms with van der Waals surface area (Å²) in [6, 6.07) is 10.5. The molecule has 0 bridgehead atoms. The average molecular weight is 341 g/mol. The zero-order chi connectivity index (χ0) is 18.1. The summed E-state index contributed by atoms with van der Waals surface area (Å²) in [5, 5.41) is 5.96. The van der Waals surface area contributed by atoms with Gasteiger partial charge in [0.2, 0.25) is 0 Å². The van der Waals surface area contributed by atoms with Gasteiger partial charge in [-0.05, 0) is 37.6 Å². The van der Waals surface area contributed by atoms with Gasteiger partial charge in [-0.15, -0.1) is 0 Å². The Kier molecular flexibility index (Phi) is 6.95. The normalized spacial score (nSPS) is 10.2. The number of rotatable bonds is 8. The van der Waals surface area contributed by atoms with Crippen molar-refractivity contribution in [3.05, 3.63) is 53.9 Å². The lowest BCUT2D eigenvalue weighted by Gasteiger charge is -2.11. The number of hydrogen-bond donors (Lipinski definition) is 2. The van der Waals surface area contributed by atoms with Gasteiger partial charge in [0.1, 0.15) is 5.69 Å². The van der Waals surface area contributed by atoms with Gasteiger partial charge >= 0.3 is 5.97 Å². The fourth-order valence-corrected chi connectivity index (χ4v) is 2.21. The maximum absolute atomic E-state index is 12.0. The minimum Gasteiger partial charge on any atom is -0.462 e. The number of carbonyl (C=O) groups excluding carboxylic acids is 2. The Balaban J connectivity index is 2.07. The zero-order valence-electron chi connectivity index (χ0n) is 14.5. The average Bonchev–Trinajstić information content (AvgIpc) is 2.63. The first-order valence-electron chi connectivity index (χ1n) is 8.43. The zero-order valence-corrected chi connectivity index (χ0v) is 14.5. The number of amides is 1. The number of nitrogens with one attached hydrogen (secondary N) is 2. The number of nitrogens with zero attached hydrogens (tertiary/aromatic N) is 1. The van der Waals surface area contributed by atoms with Gasteiger partial charge in [-0.25, -0.2) is 9.78 Å². The first-order valence-corrected chi connectivity index (χ1v) is 8.43. The lowest BCUT2D eigenvalue weighted by Crippen LogP contribution is -2.25. The second-order valence-electron chi connectivity index (χ2n) is 5.43. The summed E-state index contributed by atoms with van der Waals surface area (Å²) in [5.74, 6) is -0.572. The molecule has 2 rings (SSSR count). The Morgan fingerprint density at radius 1 is 1.12 bits per heavy atom. The van der Waals surface area contributed by atoms with E-state index in [2.05, 4.69) is 22.5 Å². The number of para-hydroxylation sites is 1. The van der Waals surface area contributed by atoms with Crippen LogP contribution in [0.4, 0.5) is 11.4 Å². The lowest BCUT2D eigenvalue weighted by atomic mass is 10.1. The standard InChI is InChI=1S/C19H23N3O3/c1-3-5-12-20-18(23)17-11-10-14(13-21-17)22-16-9-7-6-8-15(16)19(24)25-4-2/h6-11,13,22H,3-5,12H2,1-2H3,(H,20,23). The highest BCUT2D eigenvalue weighted by Gasteiger charge is 2.12. The van der Waals surface area contributed by atoms with Gasteiger partial charge in [-0.3, -0.25) is 4.79 Å². The van der Waals surface area contributed by atoms with Crippen LogP contribution in [0.15, 0.2) is 42.6 Å². The van der Waals surface area contributed by atoms with Crippen molar-refractivity contribution in [2.45, 2.75) is 26.7 Å². The highest BCUT2D eigenvalue weighted by Crippen LogP contribution is 2.21. The maximum Gasteiger partial charge on any atom is 0.340 e. The van der Waals surface area contributed by atoms with Crippen LogP contribution in [-0.2, 0) is 4.74 Å². The molecule has 0 aliphatic heterocycles. The molecule has 1 heterocycles. The molecule has 1 aromatic heterocycles. The minimum atomic E-state index is -0.384. The Morgan fingerprint density at radius 3 is 2.60 bits per heavy atom. The van der Waals surface area contributed by atoms with E-state index in [1.54, 1.807) is 43.5 Å². The topological polar surface area (TPSA) is 80.3 Å². The molecule has 6 heteroatoms. The number of esters is 1. The quantitative estimate of drug-likeness (QED) is 0.567. The molecule has 2 N–H and O–H groups in total. The third-order valence-electron chi connectivity index (χ3n) is 3.51. The van der Waals surface area contributed by atoms with Crippen LogP contribution in [0.2, 0.25) is 0 Å². The summed E-state index contributed by atoms with van der Waals surface area (Å²) in [4.78, 5) is 28.1. The first-order chi connectivity index (χ1) is 12.2. The molecule has 0 saturated heterocycles. The van der Waals surface area contributed by atoms with Gasteiger partial charge in [0.05, 0.1) is 29.7 Å². The predicted octanol–water partition coefficient (Wildman–Crippen LogP) is 3.53. The molecule has 132 valence electrons. The van der Waals surface area contributed by atoms with E-state index < -0.39 is 0 Å². The van der Waals surface area contributed by atoms with Crippen LogP contribution >= 0.6 is 0 Å². The number of pyridine rings is 1. The summed E-state index contributed by atoms with van der Waals surface area (Å²) in [6.07, 6.45) is 3.53. The number of ether oxygens (including phenoxy) is 1. The van der Waals surface area contributed by atoms with Crippen LogP contribution in [0.3, 0.4) is 0 Å². The molecule has 0 atom stereocenters. The highest BCUT2D eigenvalue weighted by atomic mass is 16.5. The Labute approximate surface area is 147 Å². The fourth-order valence-electron chi connectivity index (χ4n) is 2.21. The van der Waals surface area contributed by atoms with E-state index in [-0.39, 0.29) is 11.9 Å². The van der Waals surface area contributed by atoms with E-state index in [4.69, 9.17) is 4.74 Å². The molecular formula is C19H23N3O3. The lowest BCUT2D eigenvalue weighted by molar-refractivity contribution is 0.0527. The molecule has 1 amide bonds. The summed E-state index contributed by atoms with van der Waals surface area (Å²) in [7, 11) is 0. The van der Waals surface area contributed by atoms with Crippen molar-refractivity contribution in [1.82, 2.24) is 10.3 Å². The van der Waals surface area contributed by atoms with Crippen LogP contribution in [0.1, 0.15) is 47.5 Å². The van der Waals surface area contributed by atoms with Gasteiger partial charge < -0.3 is 15.4 Å². The minimum absolute atomic E-state index is 0.188. The van der Waals surface area contributed by atoms with E-state index in [0.717, 1.165) is 12.8 Å².